The van der Waals surface area contributed by atoms with E-state index in [1.54, 1.807) is 12.1 Å². The summed E-state index contributed by atoms with van der Waals surface area (Å²) in [4.78, 5) is 11.5. The number of benzene rings is 1. The molecule has 1 atom stereocenters. The van der Waals surface area contributed by atoms with Crippen LogP contribution in [0, 0.1) is 5.92 Å². The molecule has 5 nitrogen and oxygen atoms in total. The smallest absolute Gasteiger partial charge is 0.336 e. The van der Waals surface area contributed by atoms with Gasteiger partial charge in [0.15, 0.2) is 11.5 Å². The highest BCUT2D eigenvalue weighted by molar-refractivity contribution is 5.85. The van der Waals surface area contributed by atoms with Gasteiger partial charge in [-0.1, -0.05) is 13.8 Å². The molecule has 1 aromatic heterocycles. The molecule has 0 aliphatic carbocycles. The summed E-state index contributed by atoms with van der Waals surface area (Å²) in [7, 11) is 0. The molecular formula is C15H16O5. The van der Waals surface area contributed by atoms with Crippen LogP contribution in [0.15, 0.2) is 27.4 Å². The van der Waals surface area contributed by atoms with E-state index in [1.807, 2.05) is 13.8 Å². The van der Waals surface area contributed by atoms with Crippen LogP contribution in [0.5, 0.6) is 11.5 Å². The number of aliphatic hydroxyl groups excluding tert-OH is 1. The zero-order chi connectivity index (χ0) is 14.3. The fourth-order valence-electron chi connectivity index (χ4n) is 2.47. The van der Waals surface area contributed by atoms with Gasteiger partial charge >= 0.3 is 5.63 Å². The van der Waals surface area contributed by atoms with Crippen LogP contribution in [0.4, 0.5) is 0 Å². The topological polar surface area (TPSA) is 68.9 Å². The number of rotatable bonds is 3. The van der Waals surface area contributed by atoms with Gasteiger partial charge < -0.3 is 19.0 Å². The molecule has 2 heterocycles. The molecule has 0 saturated heterocycles. The molecule has 0 amide bonds. The predicted molar refractivity (Wildman–Crippen MR) is 73.0 cm³/mol. The fraction of sp³-hybridized carbons (Fsp3) is 0.400. The fourth-order valence-corrected chi connectivity index (χ4v) is 2.47. The summed E-state index contributed by atoms with van der Waals surface area (Å²) < 4.78 is 16.1. The van der Waals surface area contributed by atoms with E-state index in [4.69, 9.17) is 13.9 Å². The molecule has 3 rings (SSSR count). The van der Waals surface area contributed by atoms with Crippen LogP contribution in [0.3, 0.4) is 0 Å². The van der Waals surface area contributed by atoms with E-state index in [2.05, 4.69) is 0 Å². The SMILES string of the molecule is CC(C)C[C@@H](O)c1c2c(cc3ccc(=O)oc13)OCO2. The molecule has 0 spiro atoms. The minimum absolute atomic E-state index is 0.108. The lowest BCUT2D eigenvalue weighted by Gasteiger charge is -2.16. The third-order valence-corrected chi connectivity index (χ3v) is 3.31. The molecule has 1 N–H and O–H groups in total. The lowest BCUT2D eigenvalue weighted by atomic mass is 9.96. The average Bonchev–Trinajstić information content (AvgIpc) is 2.82. The zero-order valence-corrected chi connectivity index (χ0v) is 11.4. The maximum atomic E-state index is 11.5. The normalized spacial score (nSPS) is 15.0. The lowest BCUT2D eigenvalue weighted by Crippen LogP contribution is -2.06. The van der Waals surface area contributed by atoms with Gasteiger partial charge in [-0.2, -0.15) is 0 Å². The van der Waals surface area contributed by atoms with E-state index >= 15 is 0 Å². The summed E-state index contributed by atoms with van der Waals surface area (Å²) >= 11 is 0. The minimum atomic E-state index is -0.764. The van der Waals surface area contributed by atoms with Crippen LogP contribution in [0.1, 0.15) is 31.9 Å². The number of fused-ring (bicyclic) bond motifs is 2. The van der Waals surface area contributed by atoms with Crippen LogP contribution >= 0.6 is 0 Å². The van der Waals surface area contributed by atoms with Crippen LogP contribution in [-0.2, 0) is 0 Å². The maximum absolute atomic E-state index is 11.5. The minimum Gasteiger partial charge on any atom is -0.454 e. The second kappa shape index (κ2) is 4.83. The molecule has 0 bridgehead atoms. The maximum Gasteiger partial charge on any atom is 0.336 e. The molecule has 106 valence electrons. The van der Waals surface area contributed by atoms with Crippen molar-refractivity contribution in [2.24, 2.45) is 5.92 Å². The predicted octanol–water partition coefficient (Wildman–Crippen LogP) is 2.60. The average molecular weight is 276 g/mol. The van der Waals surface area contributed by atoms with Gasteiger partial charge in [0.25, 0.3) is 0 Å². The Balaban J connectivity index is 2.25. The van der Waals surface area contributed by atoms with Crippen LogP contribution in [0.25, 0.3) is 11.0 Å². The van der Waals surface area contributed by atoms with E-state index in [0.717, 1.165) is 0 Å². The van der Waals surface area contributed by atoms with Gasteiger partial charge in [-0.05, 0) is 24.5 Å². The monoisotopic (exact) mass is 276 g/mol. The number of aliphatic hydroxyl groups is 1. The van der Waals surface area contributed by atoms with Gasteiger partial charge in [-0.25, -0.2) is 4.79 Å². The van der Waals surface area contributed by atoms with Crippen molar-refractivity contribution in [3.63, 3.8) is 0 Å². The van der Waals surface area contributed by atoms with Gasteiger partial charge in [0, 0.05) is 11.5 Å². The van der Waals surface area contributed by atoms with Gasteiger partial charge in [0.1, 0.15) is 5.58 Å². The molecule has 20 heavy (non-hydrogen) atoms. The number of hydrogen-bond donors (Lipinski definition) is 1. The van der Waals surface area contributed by atoms with E-state index in [1.165, 1.54) is 6.07 Å². The molecule has 0 unspecified atom stereocenters. The molecule has 0 saturated carbocycles. The highest BCUT2D eigenvalue weighted by atomic mass is 16.7. The molecule has 1 aromatic carbocycles. The van der Waals surface area contributed by atoms with E-state index in [9.17, 15) is 9.90 Å². The quantitative estimate of drug-likeness (QED) is 0.873. The Labute approximate surface area is 115 Å². The largest absolute Gasteiger partial charge is 0.454 e. The van der Waals surface area contributed by atoms with Crippen LogP contribution in [0.2, 0.25) is 0 Å². The molecule has 2 aromatic rings. The van der Waals surface area contributed by atoms with Gasteiger partial charge in [0.2, 0.25) is 6.79 Å². The standard InChI is InChI=1S/C15H16O5/c1-8(2)5-10(16)13-14-9(3-4-12(17)20-14)6-11-15(13)19-7-18-11/h3-4,6,8,10,16H,5,7H2,1-2H3/t10-/m1/s1. The van der Waals surface area contributed by atoms with E-state index in [-0.39, 0.29) is 6.79 Å². The summed E-state index contributed by atoms with van der Waals surface area (Å²) in [6, 6.07) is 4.77. The highest BCUT2D eigenvalue weighted by Crippen LogP contribution is 2.44. The molecule has 5 heteroatoms. The molecule has 0 fully saturated rings. The summed E-state index contributed by atoms with van der Waals surface area (Å²) in [5, 5.41) is 11.2. The van der Waals surface area contributed by atoms with Crippen molar-refractivity contribution < 1.29 is 19.0 Å². The van der Waals surface area contributed by atoms with Crippen LogP contribution in [-0.4, -0.2) is 11.9 Å². The van der Waals surface area contributed by atoms with Crippen molar-refractivity contribution in [2.75, 3.05) is 6.79 Å². The Morgan fingerprint density at radius 2 is 2.10 bits per heavy atom. The zero-order valence-electron chi connectivity index (χ0n) is 11.4. The summed E-state index contributed by atoms with van der Waals surface area (Å²) in [6.07, 6.45) is -0.215. The highest BCUT2D eigenvalue weighted by Gasteiger charge is 2.27. The Bertz CT molecular complexity index is 701. The Kier molecular flexibility index (Phi) is 3.14. The van der Waals surface area contributed by atoms with Gasteiger partial charge in [0.05, 0.1) is 11.7 Å². The second-order valence-electron chi connectivity index (χ2n) is 5.34. The summed E-state index contributed by atoms with van der Waals surface area (Å²) in [5.74, 6) is 1.35. The van der Waals surface area contributed by atoms with Crippen molar-refractivity contribution in [1.82, 2.24) is 0 Å². The van der Waals surface area contributed by atoms with Crippen molar-refractivity contribution in [2.45, 2.75) is 26.4 Å². The Morgan fingerprint density at radius 1 is 1.30 bits per heavy atom. The molecule has 0 radical (unpaired) electrons. The van der Waals surface area contributed by atoms with E-state index in [0.29, 0.717) is 40.4 Å². The van der Waals surface area contributed by atoms with Crippen molar-refractivity contribution >= 4 is 11.0 Å². The molecular weight excluding hydrogens is 260 g/mol. The molecule has 1 aliphatic rings. The Hall–Kier alpha value is -2.01. The number of ether oxygens (including phenoxy) is 2. The first-order valence-electron chi connectivity index (χ1n) is 6.60. The van der Waals surface area contributed by atoms with E-state index < -0.39 is 11.7 Å². The summed E-state index contributed by atoms with van der Waals surface area (Å²) in [6.45, 7) is 4.14. The number of hydrogen-bond acceptors (Lipinski definition) is 5. The van der Waals surface area contributed by atoms with Crippen molar-refractivity contribution in [3.05, 3.63) is 34.2 Å². The third kappa shape index (κ3) is 2.14. The third-order valence-electron chi connectivity index (χ3n) is 3.31. The summed E-state index contributed by atoms with van der Waals surface area (Å²) in [5.41, 5.74) is 0.422. The van der Waals surface area contributed by atoms with Gasteiger partial charge in [-0.3, -0.25) is 0 Å². The Morgan fingerprint density at radius 3 is 2.85 bits per heavy atom. The van der Waals surface area contributed by atoms with Crippen LogP contribution < -0.4 is 15.1 Å². The van der Waals surface area contributed by atoms with Crippen molar-refractivity contribution in [1.29, 1.82) is 0 Å². The van der Waals surface area contributed by atoms with Gasteiger partial charge in [-0.15, -0.1) is 0 Å². The first-order valence-corrected chi connectivity index (χ1v) is 6.60. The first-order chi connectivity index (χ1) is 9.56. The van der Waals surface area contributed by atoms with Crippen molar-refractivity contribution in [3.8, 4) is 11.5 Å². The molecule has 1 aliphatic heterocycles. The second-order valence-corrected chi connectivity index (χ2v) is 5.34. The first kappa shape index (κ1) is 13.0. The lowest BCUT2D eigenvalue weighted by molar-refractivity contribution is 0.141.